The lowest BCUT2D eigenvalue weighted by Gasteiger charge is -2.15. The largest absolute Gasteiger partial charge is 0.350 e. The molecule has 0 aliphatic carbocycles. The number of Topliss-reactive ketones (excluding diaryl/α,β-unsaturated/α-hetero) is 1. The van der Waals surface area contributed by atoms with Crippen molar-refractivity contribution in [2.75, 3.05) is 18.4 Å². The van der Waals surface area contributed by atoms with Gasteiger partial charge in [-0.15, -0.1) is 11.3 Å². The third-order valence-corrected chi connectivity index (χ3v) is 6.16. The minimum absolute atomic E-state index is 0.0146. The number of hydrogen-bond acceptors (Lipinski definition) is 4. The summed E-state index contributed by atoms with van der Waals surface area (Å²) < 4.78 is 1.18. The zero-order valence-corrected chi connectivity index (χ0v) is 16.4. The van der Waals surface area contributed by atoms with E-state index in [1.165, 1.54) is 29.3 Å². The third-order valence-electron chi connectivity index (χ3n) is 5.05. The van der Waals surface area contributed by atoms with E-state index >= 15 is 0 Å². The summed E-state index contributed by atoms with van der Waals surface area (Å²) in [6, 6.07) is 9.11. The van der Waals surface area contributed by atoms with Gasteiger partial charge in [0.25, 0.3) is 5.91 Å². The van der Waals surface area contributed by atoms with Gasteiger partial charge in [-0.25, -0.2) is 0 Å². The molecule has 140 valence electrons. The molecule has 3 aromatic rings. The Balaban J connectivity index is 1.62. The standard InChI is InChI=1S/C21H23N3O2S/c1-13-11-18-20(27-13)17(12-24-9-3-4-10-24)19(23-18)21(26)22-16-7-5-15(6-8-16)14(2)25/h5-8,11,23H,3-4,9-10,12H2,1-2H3,(H,22,26). The van der Waals surface area contributed by atoms with Crippen molar-refractivity contribution >= 4 is 38.9 Å². The number of benzene rings is 1. The zero-order valence-electron chi connectivity index (χ0n) is 15.6. The number of ketones is 1. The number of hydrogen-bond donors (Lipinski definition) is 2. The topological polar surface area (TPSA) is 65.2 Å². The number of anilines is 1. The van der Waals surface area contributed by atoms with Crippen molar-refractivity contribution in [3.8, 4) is 0 Å². The van der Waals surface area contributed by atoms with Crippen molar-refractivity contribution in [2.45, 2.75) is 33.2 Å². The molecule has 4 rings (SSSR count). The molecule has 1 amide bonds. The van der Waals surface area contributed by atoms with Crippen molar-refractivity contribution in [2.24, 2.45) is 0 Å². The van der Waals surface area contributed by atoms with Gasteiger partial charge in [-0.2, -0.15) is 0 Å². The van der Waals surface area contributed by atoms with E-state index in [1.807, 2.05) is 0 Å². The number of thiophene rings is 1. The van der Waals surface area contributed by atoms with Crippen LogP contribution in [-0.2, 0) is 6.54 Å². The molecule has 6 heteroatoms. The Morgan fingerprint density at radius 1 is 1.19 bits per heavy atom. The van der Waals surface area contributed by atoms with Crippen LogP contribution in [0.15, 0.2) is 30.3 Å². The van der Waals surface area contributed by atoms with E-state index in [4.69, 9.17) is 0 Å². The summed E-state index contributed by atoms with van der Waals surface area (Å²) in [4.78, 5) is 31.3. The van der Waals surface area contributed by atoms with Crippen LogP contribution in [0.1, 0.15) is 51.1 Å². The highest BCUT2D eigenvalue weighted by molar-refractivity contribution is 7.19. The summed E-state index contributed by atoms with van der Waals surface area (Å²) in [6.07, 6.45) is 2.45. The molecule has 5 nitrogen and oxygen atoms in total. The van der Waals surface area contributed by atoms with Crippen LogP contribution < -0.4 is 5.32 Å². The van der Waals surface area contributed by atoms with E-state index in [2.05, 4.69) is 28.2 Å². The number of aryl methyl sites for hydroxylation is 1. The maximum Gasteiger partial charge on any atom is 0.272 e. The fourth-order valence-corrected chi connectivity index (χ4v) is 4.65. The first kappa shape index (κ1) is 17.9. The second-order valence-electron chi connectivity index (χ2n) is 7.15. The fraction of sp³-hybridized carbons (Fsp3) is 0.333. The Kier molecular flexibility index (Phi) is 4.85. The van der Waals surface area contributed by atoms with Gasteiger partial charge >= 0.3 is 0 Å². The first-order valence-corrected chi connectivity index (χ1v) is 10.1. The molecule has 0 spiro atoms. The number of H-pyrrole nitrogens is 1. The highest BCUT2D eigenvalue weighted by atomic mass is 32.1. The molecule has 0 saturated carbocycles. The van der Waals surface area contributed by atoms with E-state index in [0.29, 0.717) is 16.9 Å². The first-order valence-electron chi connectivity index (χ1n) is 9.27. The molecule has 0 radical (unpaired) electrons. The van der Waals surface area contributed by atoms with E-state index in [-0.39, 0.29) is 11.7 Å². The third kappa shape index (κ3) is 3.68. The van der Waals surface area contributed by atoms with Crippen molar-refractivity contribution in [1.29, 1.82) is 0 Å². The highest BCUT2D eigenvalue weighted by Crippen LogP contribution is 2.32. The van der Waals surface area contributed by atoms with Gasteiger partial charge in [-0.05, 0) is 70.1 Å². The Morgan fingerprint density at radius 2 is 1.89 bits per heavy atom. The molecule has 2 aromatic heterocycles. The molecule has 1 fully saturated rings. The number of amides is 1. The highest BCUT2D eigenvalue weighted by Gasteiger charge is 2.23. The predicted octanol–water partition coefficient (Wildman–Crippen LogP) is 4.59. The predicted molar refractivity (Wildman–Crippen MR) is 110 cm³/mol. The van der Waals surface area contributed by atoms with Gasteiger partial charge in [-0.1, -0.05) is 0 Å². The number of carbonyl (C=O) groups excluding carboxylic acids is 2. The first-order chi connectivity index (χ1) is 13.0. The van der Waals surface area contributed by atoms with E-state index in [1.54, 1.807) is 35.6 Å². The monoisotopic (exact) mass is 381 g/mol. The average molecular weight is 382 g/mol. The van der Waals surface area contributed by atoms with Gasteiger partial charge in [0.05, 0.1) is 10.2 Å². The Hall–Kier alpha value is -2.44. The molecular formula is C21H23N3O2S. The number of nitrogens with one attached hydrogen (secondary N) is 2. The number of rotatable bonds is 5. The van der Waals surface area contributed by atoms with Crippen molar-refractivity contribution in [3.05, 3.63) is 52.0 Å². The molecular weight excluding hydrogens is 358 g/mol. The summed E-state index contributed by atoms with van der Waals surface area (Å²) >= 11 is 1.74. The zero-order chi connectivity index (χ0) is 19.0. The van der Waals surface area contributed by atoms with Gasteiger partial charge in [0.2, 0.25) is 0 Å². The quantitative estimate of drug-likeness (QED) is 0.636. The number of aromatic nitrogens is 1. The second kappa shape index (κ2) is 7.29. The van der Waals surface area contributed by atoms with Gasteiger partial charge in [-0.3, -0.25) is 14.5 Å². The number of nitrogens with zero attached hydrogens (tertiary/aromatic N) is 1. The number of carbonyl (C=O) groups is 2. The van der Waals surface area contributed by atoms with Crippen LogP contribution in [0.2, 0.25) is 0 Å². The van der Waals surface area contributed by atoms with Crippen molar-refractivity contribution in [3.63, 3.8) is 0 Å². The Labute approximate surface area is 162 Å². The average Bonchev–Trinajstić information content (AvgIpc) is 3.33. The molecule has 0 bridgehead atoms. The van der Waals surface area contributed by atoms with Crippen LogP contribution in [0, 0.1) is 6.92 Å². The van der Waals surface area contributed by atoms with E-state index < -0.39 is 0 Å². The summed E-state index contributed by atoms with van der Waals surface area (Å²) in [5, 5.41) is 2.96. The lowest BCUT2D eigenvalue weighted by molar-refractivity contribution is 0.101. The summed E-state index contributed by atoms with van der Waals surface area (Å²) in [5.41, 5.74) is 4.08. The second-order valence-corrected chi connectivity index (χ2v) is 8.41. The SMILES string of the molecule is CC(=O)c1ccc(NC(=O)c2[nH]c3cc(C)sc3c2CN2CCCC2)cc1. The normalized spacial score (nSPS) is 14.7. The van der Waals surface area contributed by atoms with Crippen molar-refractivity contribution in [1.82, 2.24) is 9.88 Å². The molecule has 1 aliphatic rings. The van der Waals surface area contributed by atoms with E-state index in [0.717, 1.165) is 30.7 Å². The van der Waals surface area contributed by atoms with Crippen LogP contribution >= 0.6 is 11.3 Å². The van der Waals surface area contributed by atoms with Crippen molar-refractivity contribution < 1.29 is 9.59 Å². The van der Waals surface area contributed by atoms with Gasteiger partial charge < -0.3 is 10.3 Å². The summed E-state index contributed by atoms with van der Waals surface area (Å²) in [7, 11) is 0. The molecule has 2 N–H and O–H groups in total. The molecule has 3 heterocycles. The Morgan fingerprint density at radius 3 is 2.56 bits per heavy atom. The molecule has 27 heavy (non-hydrogen) atoms. The molecule has 1 saturated heterocycles. The molecule has 1 aliphatic heterocycles. The fourth-order valence-electron chi connectivity index (χ4n) is 3.65. The van der Waals surface area contributed by atoms with Crippen LogP contribution in [0.4, 0.5) is 5.69 Å². The minimum Gasteiger partial charge on any atom is -0.350 e. The van der Waals surface area contributed by atoms with Crippen LogP contribution in [0.5, 0.6) is 0 Å². The summed E-state index contributed by atoms with van der Waals surface area (Å²) in [6.45, 7) is 6.60. The minimum atomic E-state index is -0.138. The molecule has 0 unspecified atom stereocenters. The van der Waals surface area contributed by atoms with Crippen LogP contribution in [-0.4, -0.2) is 34.7 Å². The van der Waals surface area contributed by atoms with Crippen LogP contribution in [0.3, 0.4) is 0 Å². The lowest BCUT2D eigenvalue weighted by Crippen LogP contribution is -2.21. The number of fused-ring (bicyclic) bond motifs is 1. The maximum atomic E-state index is 13.0. The van der Waals surface area contributed by atoms with Gasteiger partial charge in [0, 0.05) is 28.2 Å². The maximum absolute atomic E-state index is 13.0. The Bertz CT molecular complexity index is 995. The number of aromatic amines is 1. The summed E-state index contributed by atoms with van der Waals surface area (Å²) in [5.74, 6) is -0.124. The number of likely N-dealkylation sites (tertiary alicyclic amines) is 1. The molecule has 0 atom stereocenters. The van der Waals surface area contributed by atoms with E-state index in [9.17, 15) is 9.59 Å². The van der Waals surface area contributed by atoms with Crippen LogP contribution in [0.25, 0.3) is 10.2 Å². The van der Waals surface area contributed by atoms with Gasteiger partial charge in [0.1, 0.15) is 5.69 Å². The smallest absolute Gasteiger partial charge is 0.272 e. The lowest BCUT2D eigenvalue weighted by atomic mass is 10.1. The molecule has 1 aromatic carbocycles. The van der Waals surface area contributed by atoms with Gasteiger partial charge in [0.15, 0.2) is 5.78 Å².